The van der Waals surface area contributed by atoms with Crippen LogP contribution in [-0.4, -0.2) is 54.5 Å². The molecule has 1 fully saturated rings. The predicted octanol–water partition coefficient (Wildman–Crippen LogP) is 1.50. The Bertz CT molecular complexity index is 270. The first-order valence-electron chi connectivity index (χ1n) is 5.42. The van der Waals surface area contributed by atoms with Crippen LogP contribution in [0.2, 0.25) is 0 Å². The van der Waals surface area contributed by atoms with Crippen molar-refractivity contribution in [3.63, 3.8) is 0 Å². The minimum absolute atomic E-state index is 0.0446. The number of hydrogen-bond donors (Lipinski definition) is 1. The van der Waals surface area contributed by atoms with Gasteiger partial charge in [0.15, 0.2) is 0 Å². The first kappa shape index (κ1) is 14.2. The van der Waals surface area contributed by atoms with Gasteiger partial charge in [-0.15, -0.1) is 0 Å². The van der Waals surface area contributed by atoms with Crippen LogP contribution in [-0.2, 0) is 9.53 Å². The second-order valence-electron chi connectivity index (χ2n) is 4.10. The number of ether oxygens (including phenoxy) is 1. The molecule has 1 N–H and O–H groups in total. The van der Waals surface area contributed by atoms with Crippen molar-refractivity contribution in [3.05, 3.63) is 0 Å². The third-order valence-corrected chi connectivity index (χ3v) is 2.93. The summed E-state index contributed by atoms with van der Waals surface area (Å²) in [7, 11) is 1.28. The molecule has 0 amide bonds. The molecule has 2 unspecified atom stereocenters. The highest BCUT2D eigenvalue weighted by atomic mass is 19.4. The second kappa shape index (κ2) is 5.68. The van der Waals surface area contributed by atoms with Crippen molar-refractivity contribution in [1.82, 2.24) is 4.90 Å². The molecule has 0 radical (unpaired) electrons. The number of likely N-dealkylation sites (tertiary alicyclic amines) is 1. The van der Waals surface area contributed by atoms with Gasteiger partial charge in [-0.25, -0.2) is 0 Å². The summed E-state index contributed by atoms with van der Waals surface area (Å²) in [6, 6.07) is -2.90. The molecule has 17 heavy (non-hydrogen) atoms. The number of rotatable bonds is 4. The van der Waals surface area contributed by atoms with Gasteiger partial charge in [0.05, 0.1) is 6.61 Å². The van der Waals surface area contributed by atoms with Gasteiger partial charge < -0.3 is 9.84 Å². The fourth-order valence-corrected chi connectivity index (χ4v) is 2.15. The fourth-order valence-electron chi connectivity index (χ4n) is 2.15. The summed E-state index contributed by atoms with van der Waals surface area (Å²) in [6.07, 6.45) is -3.38. The number of methoxy groups -OCH3 is 1. The fraction of sp³-hybridized carbons (Fsp3) is 0.900. The van der Waals surface area contributed by atoms with E-state index in [4.69, 9.17) is 5.11 Å². The Morgan fingerprint density at radius 2 is 2.18 bits per heavy atom. The van der Waals surface area contributed by atoms with Gasteiger partial charge in [-0.3, -0.25) is 9.69 Å². The molecule has 0 aromatic rings. The third-order valence-electron chi connectivity index (χ3n) is 2.93. The number of piperidine rings is 1. The summed E-state index contributed by atoms with van der Waals surface area (Å²) in [5.74, 6) is -1.28. The van der Waals surface area contributed by atoms with Crippen molar-refractivity contribution in [3.8, 4) is 0 Å². The van der Waals surface area contributed by atoms with E-state index in [1.165, 1.54) is 7.11 Å². The zero-order chi connectivity index (χ0) is 13.1. The molecular weight excluding hydrogens is 239 g/mol. The minimum atomic E-state index is -4.39. The van der Waals surface area contributed by atoms with Crippen molar-refractivity contribution in [1.29, 1.82) is 0 Å². The molecule has 1 heterocycles. The monoisotopic (exact) mass is 255 g/mol. The molecule has 4 nitrogen and oxygen atoms in total. The largest absolute Gasteiger partial charge is 0.480 e. The van der Waals surface area contributed by atoms with Gasteiger partial charge in [-0.1, -0.05) is 6.42 Å². The number of alkyl halides is 3. The standard InChI is InChI=1S/C10H16F3NO3/c1-17-6-7(9(15)16)14-5-3-2-4-8(14)10(11,12)13/h7-8H,2-6H2,1H3,(H,15,16). The third kappa shape index (κ3) is 3.57. The van der Waals surface area contributed by atoms with Gasteiger partial charge in [0, 0.05) is 7.11 Å². The second-order valence-corrected chi connectivity index (χ2v) is 4.10. The summed E-state index contributed by atoms with van der Waals surface area (Å²) in [5, 5.41) is 8.95. The van der Waals surface area contributed by atoms with Crippen molar-refractivity contribution in [2.45, 2.75) is 37.5 Å². The van der Waals surface area contributed by atoms with Crippen molar-refractivity contribution >= 4 is 5.97 Å². The summed E-state index contributed by atoms with van der Waals surface area (Å²) in [4.78, 5) is 12.0. The lowest BCUT2D eigenvalue weighted by molar-refractivity contribution is -0.202. The number of carboxylic acids is 1. The SMILES string of the molecule is COCC(C(=O)O)N1CCCCC1C(F)(F)F. The van der Waals surface area contributed by atoms with E-state index in [0.717, 1.165) is 4.90 Å². The number of carboxylic acid groups (broad SMARTS) is 1. The van der Waals surface area contributed by atoms with Gasteiger partial charge in [0.2, 0.25) is 0 Å². The lowest BCUT2D eigenvalue weighted by atomic mass is 9.99. The highest BCUT2D eigenvalue weighted by Crippen LogP contribution is 2.33. The van der Waals surface area contributed by atoms with Gasteiger partial charge in [0.1, 0.15) is 12.1 Å². The van der Waals surface area contributed by atoms with Gasteiger partial charge in [-0.05, 0) is 19.4 Å². The highest BCUT2D eigenvalue weighted by Gasteiger charge is 2.47. The van der Waals surface area contributed by atoms with E-state index in [1.54, 1.807) is 0 Å². The molecule has 1 aliphatic rings. The van der Waals surface area contributed by atoms with Crippen LogP contribution in [0.15, 0.2) is 0 Å². The van der Waals surface area contributed by atoms with Crippen molar-refractivity contribution in [2.24, 2.45) is 0 Å². The van der Waals surface area contributed by atoms with Gasteiger partial charge >= 0.3 is 12.1 Å². The van der Waals surface area contributed by atoms with E-state index in [9.17, 15) is 18.0 Å². The number of hydrogen-bond acceptors (Lipinski definition) is 3. The maximum atomic E-state index is 12.8. The lowest BCUT2D eigenvalue weighted by Crippen LogP contribution is -2.56. The molecule has 0 aliphatic carbocycles. The van der Waals surface area contributed by atoms with Crippen LogP contribution >= 0.6 is 0 Å². The van der Waals surface area contributed by atoms with E-state index >= 15 is 0 Å². The van der Waals surface area contributed by atoms with E-state index in [0.29, 0.717) is 12.8 Å². The zero-order valence-corrected chi connectivity index (χ0v) is 9.54. The minimum Gasteiger partial charge on any atom is -0.480 e. The summed E-state index contributed by atoms with van der Waals surface area (Å²) in [6.45, 7) is -0.0909. The van der Waals surface area contributed by atoms with Crippen molar-refractivity contribution < 1.29 is 27.8 Å². The van der Waals surface area contributed by atoms with Crippen molar-refractivity contribution in [2.75, 3.05) is 20.3 Å². The average molecular weight is 255 g/mol. The molecule has 0 saturated carbocycles. The Kier molecular flexibility index (Phi) is 4.76. The Hall–Kier alpha value is -0.820. The molecule has 100 valence electrons. The highest BCUT2D eigenvalue weighted by molar-refractivity contribution is 5.73. The van der Waals surface area contributed by atoms with Crippen LogP contribution < -0.4 is 0 Å². The maximum Gasteiger partial charge on any atom is 0.404 e. The maximum absolute atomic E-state index is 12.8. The molecular formula is C10H16F3NO3. The average Bonchev–Trinajstić information content (AvgIpc) is 2.24. The quantitative estimate of drug-likeness (QED) is 0.827. The number of carbonyl (C=O) groups is 1. The Labute approximate surface area is 97.3 Å². The molecule has 0 bridgehead atoms. The van der Waals surface area contributed by atoms with E-state index in [-0.39, 0.29) is 19.6 Å². The summed E-state index contributed by atoms with van der Waals surface area (Å²) >= 11 is 0. The molecule has 0 aromatic heterocycles. The first-order chi connectivity index (χ1) is 7.88. The number of halogens is 3. The first-order valence-corrected chi connectivity index (χ1v) is 5.42. The Morgan fingerprint density at radius 3 is 2.65 bits per heavy atom. The number of aliphatic carboxylic acids is 1. The van der Waals surface area contributed by atoms with Crippen LogP contribution in [0.25, 0.3) is 0 Å². The van der Waals surface area contributed by atoms with Crippen LogP contribution in [0.4, 0.5) is 13.2 Å². The Balaban J connectivity index is 2.85. The molecule has 7 heteroatoms. The van der Waals surface area contributed by atoms with Crippen LogP contribution in [0.3, 0.4) is 0 Å². The topological polar surface area (TPSA) is 49.8 Å². The zero-order valence-electron chi connectivity index (χ0n) is 9.54. The Morgan fingerprint density at radius 1 is 1.53 bits per heavy atom. The summed E-state index contributed by atoms with van der Waals surface area (Å²) in [5.41, 5.74) is 0. The normalized spacial score (nSPS) is 24.6. The molecule has 1 aliphatic heterocycles. The molecule has 1 rings (SSSR count). The van der Waals surface area contributed by atoms with E-state index < -0.39 is 24.2 Å². The molecule has 2 atom stereocenters. The van der Waals surface area contributed by atoms with Crippen LogP contribution in [0.1, 0.15) is 19.3 Å². The number of nitrogens with zero attached hydrogens (tertiary/aromatic N) is 1. The van der Waals surface area contributed by atoms with Crippen LogP contribution in [0.5, 0.6) is 0 Å². The van der Waals surface area contributed by atoms with Gasteiger partial charge in [-0.2, -0.15) is 13.2 Å². The molecule has 0 aromatic carbocycles. The van der Waals surface area contributed by atoms with E-state index in [1.807, 2.05) is 0 Å². The van der Waals surface area contributed by atoms with Gasteiger partial charge in [0.25, 0.3) is 0 Å². The molecule has 0 spiro atoms. The van der Waals surface area contributed by atoms with Crippen LogP contribution in [0, 0.1) is 0 Å². The smallest absolute Gasteiger partial charge is 0.404 e. The molecule has 1 saturated heterocycles. The van der Waals surface area contributed by atoms with E-state index in [2.05, 4.69) is 4.74 Å². The summed E-state index contributed by atoms with van der Waals surface area (Å²) < 4.78 is 43.0. The predicted molar refractivity (Wildman–Crippen MR) is 53.7 cm³/mol. The lowest BCUT2D eigenvalue weighted by Gasteiger charge is -2.39.